The fraction of sp³-hybridized carbons (Fsp3) is 0.706. The Hall–Kier alpha value is -1.69. The van der Waals surface area contributed by atoms with Crippen molar-refractivity contribution in [2.75, 3.05) is 26.2 Å². The van der Waals surface area contributed by atoms with Crippen LogP contribution in [0.15, 0.2) is 17.3 Å². The topological polar surface area (TPSA) is 73.2 Å². The highest BCUT2D eigenvalue weighted by atomic mass is 16.3. The number of hydrazone groups is 1. The Balaban J connectivity index is 1.71. The summed E-state index contributed by atoms with van der Waals surface area (Å²) in [5.74, 6) is -0.155. The summed E-state index contributed by atoms with van der Waals surface area (Å²) in [6.45, 7) is 1.58. The monoisotopic (exact) mass is 319 g/mol. The molecule has 0 aromatic rings. The maximum absolute atomic E-state index is 12.8. The third-order valence-electron chi connectivity index (χ3n) is 5.17. The van der Waals surface area contributed by atoms with E-state index >= 15 is 0 Å². The number of likely N-dealkylation sites (tertiary alicyclic amines) is 1. The number of rotatable bonds is 3. The van der Waals surface area contributed by atoms with Crippen molar-refractivity contribution in [3.63, 3.8) is 0 Å². The second kappa shape index (κ2) is 6.83. The van der Waals surface area contributed by atoms with Crippen LogP contribution in [0.5, 0.6) is 0 Å². The molecule has 3 aliphatic rings. The number of hydrogen-bond acceptors (Lipinski definition) is 4. The molecule has 1 spiro atoms. The number of aliphatic hydroxyl groups is 1. The fourth-order valence-corrected chi connectivity index (χ4v) is 3.90. The Morgan fingerprint density at radius 1 is 1.30 bits per heavy atom. The van der Waals surface area contributed by atoms with E-state index in [1.165, 1.54) is 11.4 Å². The zero-order valence-electron chi connectivity index (χ0n) is 13.5. The van der Waals surface area contributed by atoms with Crippen LogP contribution in [0.1, 0.15) is 44.9 Å². The smallest absolute Gasteiger partial charge is 0.270 e. The normalized spacial score (nSPS) is 28.2. The molecule has 3 rings (SSSR count). The first kappa shape index (κ1) is 16.2. The van der Waals surface area contributed by atoms with Gasteiger partial charge in [-0.15, -0.1) is 0 Å². The minimum Gasteiger partial charge on any atom is -0.394 e. The summed E-state index contributed by atoms with van der Waals surface area (Å²) in [6.07, 6.45) is 10.7. The summed E-state index contributed by atoms with van der Waals surface area (Å²) in [4.78, 5) is 26.5. The van der Waals surface area contributed by atoms with Crippen molar-refractivity contribution in [1.82, 2.24) is 9.91 Å². The van der Waals surface area contributed by atoms with Gasteiger partial charge < -0.3 is 10.0 Å². The fourth-order valence-electron chi connectivity index (χ4n) is 3.90. The number of allylic oxidation sites excluding steroid dienone is 2. The molecular weight excluding hydrogens is 294 g/mol. The third kappa shape index (κ3) is 3.47. The van der Waals surface area contributed by atoms with Gasteiger partial charge in [0.05, 0.1) is 13.2 Å². The first-order valence-corrected chi connectivity index (χ1v) is 8.57. The van der Waals surface area contributed by atoms with Crippen molar-refractivity contribution in [2.24, 2.45) is 10.5 Å². The van der Waals surface area contributed by atoms with Crippen molar-refractivity contribution in [3.8, 4) is 0 Å². The second-order valence-electron chi connectivity index (χ2n) is 6.83. The van der Waals surface area contributed by atoms with Crippen LogP contribution >= 0.6 is 0 Å². The minimum atomic E-state index is -0.143. The summed E-state index contributed by atoms with van der Waals surface area (Å²) in [7, 11) is 0. The molecule has 0 radical (unpaired) electrons. The van der Waals surface area contributed by atoms with E-state index in [9.17, 15) is 9.59 Å². The molecule has 2 amide bonds. The Morgan fingerprint density at radius 3 is 2.91 bits per heavy atom. The van der Waals surface area contributed by atoms with Crippen LogP contribution in [0, 0.1) is 5.41 Å². The van der Waals surface area contributed by atoms with Gasteiger partial charge >= 0.3 is 0 Å². The molecule has 6 nitrogen and oxygen atoms in total. The van der Waals surface area contributed by atoms with Gasteiger partial charge in [-0.25, -0.2) is 5.01 Å². The van der Waals surface area contributed by atoms with Gasteiger partial charge in [0.1, 0.15) is 5.71 Å². The van der Waals surface area contributed by atoms with Gasteiger partial charge in [0.25, 0.3) is 5.91 Å². The second-order valence-corrected chi connectivity index (χ2v) is 6.83. The lowest BCUT2D eigenvalue weighted by atomic mass is 9.71. The number of amides is 2. The number of carbonyl (C=O) groups excluding carboxylic acids is 2. The van der Waals surface area contributed by atoms with Gasteiger partial charge in [0, 0.05) is 25.9 Å². The molecule has 1 fully saturated rings. The lowest BCUT2D eigenvalue weighted by Gasteiger charge is -2.44. The maximum atomic E-state index is 12.8. The van der Waals surface area contributed by atoms with Crippen molar-refractivity contribution in [3.05, 3.63) is 12.2 Å². The molecular formula is C17H25N3O3. The number of aliphatic hydroxyl groups excluding tert-OH is 1. The van der Waals surface area contributed by atoms with Crippen molar-refractivity contribution in [1.29, 1.82) is 0 Å². The number of carbonyl (C=O) groups is 2. The molecule has 2 aliphatic heterocycles. The molecule has 1 atom stereocenters. The lowest BCUT2D eigenvalue weighted by Crippen LogP contribution is -2.50. The average Bonchev–Trinajstić information content (AvgIpc) is 2.57. The average molecular weight is 319 g/mol. The van der Waals surface area contributed by atoms with Gasteiger partial charge in [-0.05, 0) is 37.5 Å². The molecule has 1 unspecified atom stereocenters. The van der Waals surface area contributed by atoms with E-state index in [-0.39, 0.29) is 30.4 Å². The summed E-state index contributed by atoms with van der Waals surface area (Å²) in [6, 6.07) is 0. The quantitative estimate of drug-likeness (QED) is 0.797. The molecule has 0 aromatic carbocycles. The SMILES string of the molecule is O=C(C1=NN(CCO)C(=O)CC1)N1CCCC2(CC=CCC2)C1. The predicted molar refractivity (Wildman–Crippen MR) is 86.7 cm³/mol. The highest BCUT2D eigenvalue weighted by molar-refractivity contribution is 6.39. The van der Waals surface area contributed by atoms with Gasteiger partial charge in [0.2, 0.25) is 5.91 Å². The van der Waals surface area contributed by atoms with Crippen molar-refractivity contribution >= 4 is 17.5 Å². The number of piperidine rings is 1. The lowest BCUT2D eigenvalue weighted by molar-refractivity contribution is -0.133. The molecule has 1 aliphatic carbocycles. The van der Waals surface area contributed by atoms with Crippen molar-refractivity contribution in [2.45, 2.75) is 44.9 Å². The Morgan fingerprint density at radius 2 is 2.17 bits per heavy atom. The van der Waals surface area contributed by atoms with Gasteiger partial charge in [0.15, 0.2) is 0 Å². The van der Waals surface area contributed by atoms with Gasteiger partial charge in [-0.3, -0.25) is 9.59 Å². The zero-order chi connectivity index (χ0) is 16.3. The van der Waals surface area contributed by atoms with E-state index in [1.807, 2.05) is 4.90 Å². The minimum absolute atomic E-state index is 0.0333. The van der Waals surface area contributed by atoms with E-state index in [2.05, 4.69) is 17.3 Å². The van der Waals surface area contributed by atoms with E-state index in [0.29, 0.717) is 18.6 Å². The number of nitrogens with zero attached hydrogens (tertiary/aromatic N) is 3. The van der Waals surface area contributed by atoms with Crippen LogP contribution < -0.4 is 0 Å². The van der Waals surface area contributed by atoms with Crippen LogP contribution in [0.2, 0.25) is 0 Å². The highest BCUT2D eigenvalue weighted by Gasteiger charge is 2.38. The van der Waals surface area contributed by atoms with Gasteiger partial charge in [-0.2, -0.15) is 5.10 Å². The van der Waals surface area contributed by atoms with E-state index in [0.717, 1.165) is 38.8 Å². The Bertz CT molecular complexity index is 543. The van der Waals surface area contributed by atoms with E-state index in [4.69, 9.17) is 5.11 Å². The molecule has 2 heterocycles. The molecule has 1 N–H and O–H groups in total. The molecule has 0 saturated carbocycles. The summed E-state index contributed by atoms with van der Waals surface area (Å²) < 4.78 is 0. The first-order chi connectivity index (χ1) is 11.1. The largest absolute Gasteiger partial charge is 0.394 e. The standard InChI is InChI=1S/C17H25N3O3/c21-12-11-20-15(22)6-5-14(18-20)16(23)19-10-4-9-17(13-19)7-2-1-3-8-17/h1-2,21H,3-13H2. The Kier molecular flexibility index (Phi) is 4.80. The first-order valence-electron chi connectivity index (χ1n) is 8.57. The van der Waals surface area contributed by atoms with Crippen LogP contribution in [0.3, 0.4) is 0 Å². The predicted octanol–water partition coefficient (Wildman–Crippen LogP) is 1.31. The highest BCUT2D eigenvalue weighted by Crippen LogP contribution is 2.40. The van der Waals surface area contributed by atoms with Crippen LogP contribution in [0.25, 0.3) is 0 Å². The molecule has 0 bridgehead atoms. The summed E-state index contributed by atoms with van der Waals surface area (Å²) in [5.41, 5.74) is 0.694. The van der Waals surface area contributed by atoms with Crippen LogP contribution in [-0.4, -0.2) is 58.8 Å². The zero-order valence-corrected chi connectivity index (χ0v) is 13.5. The molecule has 23 heavy (non-hydrogen) atoms. The van der Waals surface area contributed by atoms with E-state index in [1.54, 1.807) is 0 Å². The molecule has 6 heteroatoms. The molecule has 126 valence electrons. The Labute approximate surface area is 136 Å². The number of hydrogen-bond donors (Lipinski definition) is 1. The third-order valence-corrected chi connectivity index (χ3v) is 5.17. The van der Waals surface area contributed by atoms with Crippen LogP contribution in [-0.2, 0) is 9.59 Å². The molecule has 1 saturated heterocycles. The summed E-state index contributed by atoms with van der Waals surface area (Å²) in [5, 5.41) is 14.4. The summed E-state index contributed by atoms with van der Waals surface area (Å²) >= 11 is 0. The number of β-amino-alcohol motifs (C(OH)–C–C–N with tert-alkyl or cyclic N) is 1. The van der Waals surface area contributed by atoms with Gasteiger partial charge in [-0.1, -0.05) is 12.2 Å². The maximum Gasteiger partial charge on any atom is 0.270 e. The van der Waals surface area contributed by atoms with Crippen LogP contribution in [0.4, 0.5) is 0 Å². The van der Waals surface area contributed by atoms with Crippen molar-refractivity contribution < 1.29 is 14.7 Å². The molecule has 0 aromatic heterocycles. The van der Waals surface area contributed by atoms with E-state index < -0.39 is 0 Å².